The lowest BCUT2D eigenvalue weighted by Gasteiger charge is -2.07. The number of aromatic amines is 1. The lowest BCUT2D eigenvalue weighted by molar-refractivity contribution is 0.811. The first-order valence-corrected chi connectivity index (χ1v) is 4.38. The summed E-state index contributed by atoms with van der Waals surface area (Å²) in [5.74, 6) is 0. The maximum absolute atomic E-state index is 3.89. The molecule has 11 heavy (non-hydrogen) atoms. The molecule has 1 aromatic heterocycles. The molecule has 0 amide bonds. The van der Waals surface area contributed by atoms with E-state index < -0.39 is 0 Å². The Morgan fingerprint density at radius 1 is 1.64 bits per heavy atom. The van der Waals surface area contributed by atoms with Crippen molar-refractivity contribution in [1.29, 1.82) is 0 Å². The Kier molecular flexibility index (Phi) is 1.62. The molecule has 0 aliphatic carbocycles. The highest BCUT2D eigenvalue weighted by atomic mass is 32.2. The highest BCUT2D eigenvalue weighted by molar-refractivity contribution is 8.02. The van der Waals surface area contributed by atoms with Crippen molar-refractivity contribution in [2.45, 2.75) is 12.3 Å². The number of nitrogens with zero attached hydrogens (tertiary/aromatic N) is 1. The van der Waals surface area contributed by atoms with E-state index in [9.17, 15) is 0 Å². The molecule has 3 nitrogen and oxygen atoms in total. The Hall–Kier alpha value is -0.900. The van der Waals surface area contributed by atoms with Gasteiger partial charge >= 0.3 is 0 Å². The van der Waals surface area contributed by atoms with E-state index in [0.29, 0.717) is 5.37 Å². The van der Waals surface area contributed by atoms with Gasteiger partial charge in [0.05, 0.1) is 6.20 Å². The van der Waals surface area contributed by atoms with Gasteiger partial charge in [-0.15, -0.1) is 11.8 Å². The van der Waals surface area contributed by atoms with Crippen molar-refractivity contribution >= 4 is 11.8 Å². The molecule has 0 saturated heterocycles. The van der Waals surface area contributed by atoms with E-state index in [1.807, 2.05) is 12.4 Å². The molecule has 0 saturated carbocycles. The van der Waals surface area contributed by atoms with Crippen LogP contribution < -0.4 is 5.32 Å². The molecule has 1 aromatic rings. The summed E-state index contributed by atoms with van der Waals surface area (Å²) in [6, 6.07) is 0. The van der Waals surface area contributed by atoms with Crippen molar-refractivity contribution < 1.29 is 0 Å². The zero-order valence-corrected chi connectivity index (χ0v) is 6.98. The van der Waals surface area contributed by atoms with Crippen LogP contribution in [0.1, 0.15) is 17.9 Å². The minimum absolute atomic E-state index is 0.355. The van der Waals surface area contributed by atoms with Crippen LogP contribution >= 0.6 is 11.8 Å². The Labute approximate surface area is 69.3 Å². The van der Waals surface area contributed by atoms with Crippen molar-refractivity contribution in [2.75, 3.05) is 0 Å². The first-order valence-electron chi connectivity index (χ1n) is 3.44. The number of nitrogens with one attached hydrogen (secondary N) is 2. The second kappa shape index (κ2) is 2.62. The van der Waals surface area contributed by atoms with Gasteiger partial charge in [0.2, 0.25) is 0 Å². The van der Waals surface area contributed by atoms with Gasteiger partial charge in [-0.2, -0.15) is 5.10 Å². The minimum atomic E-state index is 0.355. The molecule has 0 aromatic carbocycles. The van der Waals surface area contributed by atoms with Crippen LogP contribution in [0.3, 0.4) is 0 Å². The first-order chi connectivity index (χ1) is 5.36. The number of hydrogen-bond donors (Lipinski definition) is 2. The average molecular weight is 167 g/mol. The highest BCUT2D eigenvalue weighted by Gasteiger charge is 2.16. The molecule has 2 heterocycles. The maximum atomic E-state index is 3.89. The van der Waals surface area contributed by atoms with Crippen LogP contribution in [0.2, 0.25) is 0 Å². The van der Waals surface area contributed by atoms with Gasteiger partial charge in [0.1, 0.15) is 5.37 Å². The third kappa shape index (κ3) is 1.26. The summed E-state index contributed by atoms with van der Waals surface area (Å²) >= 11 is 1.78. The van der Waals surface area contributed by atoms with E-state index >= 15 is 0 Å². The first kappa shape index (κ1) is 6.79. The summed E-state index contributed by atoms with van der Waals surface area (Å²) in [7, 11) is 0. The Balaban J connectivity index is 2.11. The molecule has 2 N–H and O–H groups in total. The molecule has 0 bridgehead atoms. The minimum Gasteiger partial charge on any atom is -0.372 e. The van der Waals surface area contributed by atoms with Crippen molar-refractivity contribution in [2.24, 2.45) is 0 Å². The number of H-pyrrole nitrogens is 1. The number of thioether (sulfide) groups is 1. The Morgan fingerprint density at radius 2 is 2.55 bits per heavy atom. The van der Waals surface area contributed by atoms with Crippen LogP contribution in [-0.2, 0) is 0 Å². The molecule has 4 heteroatoms. The molecule has 1 aliphatic heterocycles. The molecular weight excluding hydrogens is 158 g/mol. The third-order valence-electron chi connectivity index (χ3n) is 1.56. The number of aromatic nitrogens is 2. The lowest BCUT2D eigenvalue weighted by Crippen LogP contribution is -2.09. The van der Waals surface area contributed by atoms with Gasteiger partial charge in [-0.3, -0.25) is 5.10 Å². The normalized spacial score (nSPS) is 23.0. The van der Waals surface area contributed by atoms with E-state index in [1.165, 1.54) is 11.3 Å². The topological polar surface area (TPSA) is 40.7 Å². The number of hydrogen-bond acceptors (Lipinski definition) is 3. The molecule has 0 spiro atoms. The molecule has 1 aliphatic rings. The van der Waals surface area contributed by atoms with E-state index in [2.05, 4.69) is 27.8 Å². The predicted octanol–water partition coefficient (Wildman–Crippen LogP) is 1.61. The molecule has 1 atom stereocenters. The fourth-order valence-corrected chi connectivity index (χ4v) is 1.96. The standard InChI is InChI=1S/C7H9N3S/c1-5-4-11-7(10-5)6-2-8-9-3-6/h2-4,7,10H,1H3,(H,8,9). The molecule has 1 unspecified atom stereocenters. The van der Waals surface area contributed by atoms with Gasteiger partial charge in [0, 0.05) is 17.5 Å². The van der Waals surface area contributed by atoms with Crippen molar-refractivity contribution in [3.05, 3.63) is 29.1 Å². The summed E-state index contributed by atoms with van der Waals surface area (Å²) in [6.07, 6.45) is 3.76. The molecule has 0 radical (unpaired) electrons. The van der Waals surface area contributed by atoms with E-state index in [-0.39, 0.29) is 0 Å². The summed E-state index contributed by atoms with van der Waals surface area (Å²) < 4.78 is 0. The monoisotopic (exact) mass is 167 g/mol. The van der Waals surface area contributed by atoms with Crippen molar-refractivity contribution in [1.82, 2.24) is 15.5 Å². The molecular formula is C7H9N3S. The third-order valence-corrected chi connectivity index (χ3v) is 2.71. The van der Waals surface area contributed by atoms with Crippen LogP contribution in [0.25, 0.3) is 0 Å². The maximum Gasteiger partial charge on any atom is 0.105 e. The SMILES string of the molecule is CC1=CSC(c2cn[nH]c2)N1. The van der Waals surface area contributed by atoms with Gasteiger partial charge < -0.3 is 5.32 Å². The zero-order chi connectivity index (χ0) is 7.68. The van der Waals surface area contributed by atoms with E-state index in [0.717, 1.165) is 0 Å². The Morgan fingerprint density at radius 3 is 3.09 bits per heavy atom. The molecule has 58 valence electrons. The quantitative estimate of drug-likeness (QED) is 0.667. The highest BCUT2D eigenvalue weighted by Crippen LogP contribution is 2.32. The second-order valence-electron chi connectivity index (χ2n) is 2.49. The summed E-state index contributed by atoms with van der Waals surface area (Å²) in [4.78, 5) is 0. The fraction of sp³-hybridized carbons (Fsp3) is 0.286. The van der Waals surface area contributed by atoms with Crippen molar-refractivity contribution in [3.63, 3.8) is 0 Å². The van der Waals surface area contributed by atoms with Crippen LogP contribution in [0.5, 0.6) is 0 Å². The van der Waals surface area contributed by atoms with Gasteiger partial charge in [-0.25, -0.2) is 0 Å². The lowest BCUT2D eigenvalue weighted by atomic mass is 10.3. The van der Waals surface area contributed by atoms with Gasteiger partial charge in [-0.1, -0.05) is 0 Å². The average Bonchev–Trinajstić information content (AvgIpc) is 2.55. The van der Waals surface area contributed by atoms with Crippen molar-refractivity contribution in [3.8, 4) is 0 Å². The summed E-state index contributed by atoms with van der Waals surface area (Å²) in [5.41, 5.74) is 2.42. The van der Waals surface area contributed by atoms with Crippen LogP contribution in [0, 0.1) is 0 Å². The Bertz CT molecular complexity index is 265. The van der Waals surface area contributed by atoms with Gasteiger partial charge in [-0.05, 0) is 12.3 Å². The van der Waals surface area contributed by atoms with Crippen LogP contribution in [0.15, 0.2) is 23.5 Å². The zero-order valence-electron chi connectivity index (χ0n) is 6.16. The number of rotatable bonds is 1. The van der Waals surface area contributed by atoms with Gasteiger partial charge in [0.25, 0.3) is 0 Å². The number of allylic oxidation sites excluding steroid dienone is 1. The molecule has 2 rings (SSSR count). The van der Waals surface area contributed by atoms with E-state index in [1.54, 1.807) is 11.8 Å². The largest absolute Gasteiger partial charge is 0.372 e. The van der Waals surface area contributed by atoms with Gasteiger partial charge in [0.15, 0.2) is 0 Å². The fourth-order valence-electron chi connectivity index (χ4n) is 1.01. The predicted molar refractivity (Wildman–Crippen MR) is 45.8 cm³/mol. The van der Waals surface area contributed by atoms with Crippen LogP contribution in [0.4, 0.5) is 0 Å². The second-order valence-corrected chi connectivity index (χ2v) is 3.47. The van der Waals surface area contributed by atoms with Crippen LogP contribution in [-0.4, -0.2) is 10.2 Å². The molecule has 0 fully saturated rings. The summed E-state index contributed by atoms with van der Waals surface area (Å²) in [6.45, 7) is 2.06. The smallest absolute Gasteiger partial charge is 0.105 e. The van der Waals surface area contributed by atoms with E-state index in [4.69, 9.17) is 0 Å². The summed E-state index contributed by atoms with van der Waals surface area (Å²) in [5, 5.41) is 12.5.